The summed E-state index contributed by atoms with van der Waals surface area (Å²) in [5.41, 5.74) is 4.89. The molecule has 3 rings (SSSR count). The first-order valence-electron chi connectivity index (χ1n) is 9.40. The lowest BCUT2D eigenvalue weighted by Crippen LogP contribution is -2.52. The lowest BCUT2D eigenvalue weighted by molar-refractivity contribution is 0.111. The van der Waals surface area contributed by atoms with Crippen LogP contribution in [0.5, 0.6) is 0 Å². The number of para-hydroxylation sites is 1. The number of ether oxygens (including phenoxy) is 1. The SMILES string of the molecule is C=C(C)CCN1c2ccccc2[C@]2(CCC(=C)C)CCN(C(=O)OC)[C@H]12. The van der Waals surface area contributed by atoms with Crippen molar-refractivity contribution in [2.75, 3.05) is 25.1 Å². The molecule has 1 aromatic carbocycles. The molecule has 26 heavy (non-hydrogen) atoms. The first kappa shape index (κ1) is 18.6. The molecule has 0 saturated carbocycles. The number of rotatable bonds is 6. The van der Waals surface area contributed by atoms with Gasteiger partial charge in [-0.2, -0.15) is 0 Å². The topological polar surface area (TPSA) is 32.8 Å². The monoisotopic (exact) mass is 354 g/mol. The molecule has 1 aromatic rings. The number of anilines is 1. The van der Waals surface area contributed by atoms with Crippen molar-refractivity contribution in [2.24, 2.45) is 0 Å². The Labute approximate surface area is 157 Å². The van der Waals surface area contributed by atoms with Crippen LogP contribution < -0.4 is 4.90 Å². The second kappa shape index (κ2) is 7.18. The highest BCUT2D eigenvalue weighted by atomic mass is 16.5. The summed E-state index contributed by atoms with van der Waals surface area (Å²) in [6.45, 7) is 13.9. The Morgan fingerprint density at radius 3 is 2.58 bits per heavy atom. The highest BCUT2D eigenvalue weighted by Crippen LogP contribution is 2.55. The zero-order valence-electron chi connectivity index (χ0n) is 16.3. The number of carbonyl (C=O) groups excluding carboxylic acids is 1. The smallest absolute Gasteiger partial charge is 0.411 e. The van der Waals surface area contributed by atoms with Crippen molar-refractivity contribution in [1.82, 2.24) is 4.90 Å². The molecule has 1 amide bonds. The molecule has 2 aliphatic heterocycles. The molecule has 1 saturated heterocycles. The quantitative estimate of drug-likeness (QED) is 0.684. The Morgan fingerprint density at radius 2 is 1.92 bits per heavy atom. The highest BCUT2D eigenvalue weighted by molar-refractivity contribution is 5.74. The van der Waals surface area contributed by atoms with Crippen LogP contribution in [0.25, 0.3) is 0 Å². The molecule has 0 bridgehead atoms. The van der Waals surface area contributed by atoms with Crippen molar-refractivity contribution in [3.63, 3.8) is 0 Å². The predicted molar refractivity (Wildman–Crippen MR) is 106 cm³/mol. The molecule has 4 nitrogen and oxygen atoms in total. The minimum Gasteiger partial charge on any atom is -0.453 e. The van der Waals surface area contributed by atoms with Crippen LogP contribution in [0.1, 0.15) is 45.1 Å². The minimum atomic E-state index is -0.236. The van der Waals surface area contributed by atoms with E-state index in [-0.39, 0.29) is 17.7 Å². The van der Waals surface area contributed by atoms with Crippen LogP contribution in [0.4, 0.5) is 10.5 Å². The Morgan fingerprint density at radius 1 is 1.23 bits per heavy atom. The van der Waals surface area contributed by atoms with Gasteiger partial charge in [0.1, 0.15) is 6.17 Å². The Balaban J connectivity index is 2.06. The Hall–Kier alpha value is -2.23. The van der Waals surface area contributed by atoms with E-state index in [1.807, 2.05) is 4.90 Å². The molecule has 4 heteroatoms. The molecular weight excluding hydrogens is 324 g/mol. The lowest BCUT2D eigenvalue weighted by Gasteiger charge is -2.38. The van der Waals surface area contributed by atoms with E-state index in [2.05, 4.69) is 56.2 Å². The van der Waals surface area contributed by atoms with Gasteiger partial charge in [0.2, 0.25) is 0 Å². The first-order valence-corrected chi connectivity index (χ1v) is 9.40. The van der Waals surface area contributed by atoms with Gasteiger partial charge < -0.3 is 9.64 Å². The first-order chi connectivity index (χ1) is 12.4. The van der Waals surface area contributed by atoms with E-state index in [4.69, 9.17) is 4.74 Å². The van der Waals surface area contributed by atoms with Gasteiger partial charge in [0, 0.05) is 24.2 Å². The second-order valence-electron chi connectivity index (χ2n) is 7.82. The summed E-state index contributed by atoms with van der Waals surface area (Å²) < 4.78 is 5.11. The highest BCUT2D eigenvalue weighted by Gasteiger charge is 2.58. The van der Waals surface area contributed by atoms with E-state index in [1.54, 1.807) is 0 Å². The molecule has 2 heterocycles. The predicted octanol–water partition coefficient (Wildman–Crippen LogP) is 4.87. The average Bonchev–Trinajstić information content (AvgIpc) is 3.11. The normalized spacial score (nSPS) is 23.6. The van der Waals surface area contributed by atoms with E-state index in [0.717, 1.165) is 44.3 Å². The molecule has 140 valence electrons. The molecule has 2 aliphatic rings. The molecule has 0 aliphatic carbocycles. The summed E-state index contributed by atoms with van der Waals surface area (Å²) in [7, 11) is 1.47. The zero-order chi connectivity index (χ0) is 18.9. The number of fused-ring (bicyclic) bond motifs is 3. The maximum atomic E-state index is 12.5. The van der Waals surface area contributed by atoms with Crippen molar-refractivity contribution in [2.45, 2.75) is 51.1 Å². The fourth-order valence-corrected chi connectivity index (χ4v) is 4.57. The maximum Gasteiger partial charge on any atom is 0.411 e. The second-order valence-corrected chi connectivity index (χ2v) is 7.82. The van der Waals surface area contributed by atoms with E-state index in [1.165, 1.54) is 23.9 Å². The summed E-state index contributed by atoms with van der Waals surface area (Å²) in [6, 6.07) is 8.62. The van der Waals surface area contributed by atoms with Crippen molar-refractivity contribution in [3.8, 4) is 0 Å². The van der Waals surface area contributed by atoms with Gasteiger partial charge in [-0.3, -0.25) is 4.90 Å². The fourth-order valence-electron chi connectivity index (χ4n) is 4.57. The van der Waals surface area contributed by atoms with E-state index in [0.29, 0.717) is 0 Å². The van der Waals surface area contributed by atoms with Gasteiger partial charge in [0.25, 0.3) is 0 Å². The minimum absolute atomic E-state index is 0.00560. The third-order valence-electron chi connectivity index (χ3n) is 5.82. The number of nitrogens with zero attached hydrogens (tertiary/aromatic N) is 2. The molecule has 2 atom stereocenters. The van der Waals surface area contributed by atoms with Gasteiger partial charge in [-0.05, 0) is 51.2 Å². The van der Waals surface area contributed by atoms with Crippen LogP contribution in [0.2, 0.25) is 0 Å². The van der Waals surface area contributed by atoms with Gasteiger partial charge in [-0.1, -0.05) is 29.3 Å². The standard InChI is InChI=1S/C22H30N2O2/c1-16(2)10-12-22-13-15-24(21(25)26-5)20(22)23(14-11-17(3)4)19-9-7-6-8-18(19)22/h6-9,20H,1,3,10-15H2,2,4-5H3/t20-,22-/m0/s1. The average molecular weight is 354 g/mol. The molecular formula is C22H30N2O2. The van der Waals surface area contributed by atoms with Crippen molar-refractivity contribution >= 4 is 11.8 Å². The molecule has 0 aromatic heterocycles. The Bertz CT molecular complexity index is 727. The summed E-state index contributed by atoms with van der Waals surface area (Å²) in [5, 5.41) is 0. The maximum absolute atomic E-state index is 12.5. The van der Waals surface area contributed by atoms with Crippen LogP contribution in [0.3, 0.4) is 0 Å². The number of carbonyl (C=O) groups is 1. The Kier molecular flexibility index (Phi) is 5.12. The van der Waals surface area contributed by atoms with Gasteiger partial charge >= 0.3 is 6.09 Å². The number of hydrogen-bond donors (Lipinski definition) is 0. The lowest BCUT2D eigenvalue weighted by atomic mass is 9.75. The van der Waals surface area contributed by atoms with Crippen molar-refractivity contribution in [1.29, 1.82) is 0 Å². The number of allylic oxidation sites excluding steroid dienone is 1. The van der Waals surface area contributed by atoms with E-state index in [9.17, 15) is 4.79 Å². The van der Waals surface area contributed by atoms with Crippen molar-refractivity contribution < 1.29 is 9.53 Å². The van der Waals surface area contributed by atoms with Crippen LogP contribution in [0.15, 0.2) is 48.6 Å². The zero-order valence-corrected chi connectivity index (χ0v) is 16.3. The van der Waals surface area contributed by atoms with Gasteiger partial charge in [-0.15, -0.1) is 13.2 Å². The van der Waals surface area contributed by atoms with Crippen LogP contribution in [-0.2, 0) is 10.2 Å². The van der Waals surface area contributed by atoms with E-state index >= 15 is 0 Å². The summed E-state index contributed by atoms with van der Waals surface area (Å²) in [5.74, 6) is 0. The molecule has 1 fully saturated rings. The summed E-state index contributed by atoms with van der Waals surface area (Å²) in [6.07, 6.45) is 3.61. The summed E-state index contributed by atoms with van der Waals surface area (Å²) in [4.78, 5) is 16.8. The number of likely N-dealkylation sites (tertiary alicyclic amines) is 1. The van der Waals surface area contributed by atoms with Crippen LogP contribution >= 0.6 is 0 Å². The molecule has 0 unspecified atom stereocenters. The van der Waals surface area contributed by atoms with Gasteiger partial charge in [0.15, 0.2) is 0 Å². The van der Waals surface area contributed by atoms with Gasteiger partial charge in [-0.25, -0.2) is 4.79 Å². The summed E-state index contributed by atoms with van der Waals surface area (Å²) >= 11 is 0. The molecule has 0 N–H and O–H groups in total. The number of benzene rings is 1. The number of amides is 1. The number of methoxy groups -OCH3 is 1. The van der Waals surface area contributed by atoms with Gasteiger partial charge in [0.05, 0.1) is 7.11 Å². The van der Waals surface area contributed by atoms with Crippen molar-refractivity contribution in [3.05, 3.63) is 54.1 Å². The molecule has 0 spiro atoms. The largest absolute Gasteiger partial charge is 0.453 e. The third-order valence-corrected chi connectivity index (χ3v) is 5.82. The third kappa shape index (κ3) is 3.02. The number of hydrogen-bond acceptors (Lipinski definition) is 3. The van der Waals surface area contributed by atoms with Crippen LogP contribution in [0, 0.1) is 0 Å². The van der Waals surface area contributed by atoms with E-state index < -0.39 is 0 Å². The van der Waals surface area contributed by atoms with Crippen LogP contribution in [-0.4, -0.2) is 37.4 Å². The fraction of sp³-hybridized carbons (Fsp3) is 0.500. The molecule has 0 radical (unpaired) electrons.